The lowest BCUT2D eigenvalue weighted by molar-refractivity contribution is 0.598. The van der Waals surface area contributed by atoms with Crippen molar-refractivity contribution in [3.63, 3.8) is 0 Å². The Hall–Kier alpha value is -2.30. The number of hydrogen-bond acceptors (Lipinski definition) is 4. The van der Waals surface area contributed by atoms with Gasteiger partial charge in [0.1, 0.15) is 5.82 Å². The normalized spacial score (nSPS) is 10.7. The number of nitrogens with zero attached hydrogens (tertiary/aromatic N) is 1. The largest absolute Gasteiger partial charge is 0.332 e. The summed E-state index contributed by atoms with van der Waals surface area (Å²) in [5.41, 5.74) is 6.42. The van der Waals surface area contributed by atoms with Crippen molar-refractivity contribution in [3.05, 3.63) is 41.9 Å². The minimum absolute atomic E-state index is 0.0217. The van der Waals surface area contributed by atoms with Crippen LogP contribution in [0.2, 0.25) is 0 Å². The Labute approximate surface area is 117 Å². The summed E-state index contributed by atoms with van der Waals surface area (Å²) in [4.78, 5) is 6.55. The third-order valence-electron chi connectivity index (χ3n) is 2.42. The van der Waals surface area contributed by atoms with Crippen molar-refractivity contribution < 1.29 is 8.42 Å². The smallest absolute Gasteiger partial charge is 0.278 e. The molecule has 0 radical (unpaired) electrons. The molecule has 20 heavy (non-hydrogen) atoms. The molecule has 0 atom stereocenters. The molecule has 0 fully saturated rings. The Morgan fingerprint density at radius 2 is 2.25 bits per heavy atom. The fourth-order valence-electron chi connectivity index (χ4n) is 1.56. The number of hydrogen-bond donors (Lipinski definition) is 3. The molecular weight excluding hydrogens is 276 g/mol. The van der Waals surface area contributed by atoms with E-state index in [-0.39, 0.29) is 11.6 Å². The molecule has 1 heterocycles. The van der Waals surface area contributed by atoms with Crippen LogP contribution in [0.3, 0.4) is 0 Å². The summed E-state index contributed by atoms with van der Waals surface area (Å²) in [5, 5.41) is 0.0217. The lowest BCUT2D eigenvalue weighted by atomic mass is 10.2. The maximum Gasteiger partial charge on any atom is 0.278 e. The predicted molar refractivity (Wildman–Crippen MR) is 76.5 cm³/mol. The molecule has 0 aliphatic heterocycles. The summed E-state index contributed by atoms with van der Waals surface area (Å²) in [6, 6.07) is 6.79. The summed E-state index contributed by atoms with van der Waals surface area (Å²) in [6.07, 6.45) is 1.27. The second-order valence-corrected chi connectivity index (χ2v) is 5.68. The summed E-state index contributed by atoms with van der Waals surface area (Å²) >= 11 is 0. The van der Waals surface area contributed by atoms with Gasteiger partial charge in [0.15, 0.2) is 5.03 Å². The molecular formula is C13H14N4O2S. The summed E-state index contributed by atoms with van der Waals surface area (Å²) in [6.45, 7) is 1.94. The number of aryl methyl sites for hydroxylation is 1. The van der Waals surface area contributed by atoms with E-state index >= 15 is 0 Å². The van der Waals surface area contributed by atoms with Gasteiger partial charge in [-0.05, 0) is 25.1 Å². The zero-order valence-corrected chi connectivity index (χ0v) is 11.7. The Morgan fingerprint density at radius 1 is 1.45 bits per heavy atom. The predicted octanol–water partition coefficient (Wildman–Crippen LogP) is 0.829. The fourth-order valence-corrected chi connectivity index (χ4v) is 2.58. The lowest BCUT2D eigenvalue weighted by Crippen LogP contribution is -2.13. The van der Waals surface area contributed by atoms with Crippen LogP contribution in [0.5, 0.6) is 0 Å². The molecule has 0 bridgehead atoms. The van der Waals surface area contributed by atoms with Crippen molar-refractivity contribution >= 4 is 15.7 Å². The molecule has 0 saturated carbocycles. The number of aromatic amines is 1. The standard InChI is InChI=1S/C13H14N4O2S/c1-10-15-9-13(16-10)20(18,19)17-12-6-2-4-11(8-12)5-3-7-14/h2,4,6,8-9,17H,7,14H2,1H3,(H,15,16). The highest BCUT2D eigenvalue weighted by atomic mass is 32.2. The number of H-pyrrole nitrogens is 1. The van der Waals surface area contributed by atoms with E-state index < -0.39 is 10.0 Å². The Bertz CT molecular complexity index is 769. The number of nitrogens with one attached hydrogen (secondary N) is 2. The highest BCUT2D eigenvalue weighted by molar-refractivity contribution is 7.92. The molecule has 2 aromatic rings. The van der Waals surface area contributed by atoms with Gasteiger partial charge in [-0.3, -0.25) is 4.72 Å². The van der Waals surface area contributed by atoms with Gasteiger partial charge in [-0.25, -0.2) is 4.98 Å². The molecule has 104 valence electrons. The van der Waals surface area contributed by atoms with Gasteiger partial charge in [-0.15, -0.1) is 0 Å². The molecule has 6 nitrogen and oxygen atoms in total. The van der Waals surface area contributed by atoms with Gasteiger partial charge < -0.3 is 10.7 Å². The van der Waals surface area contributed by atoms with E-state index in [1.54, 1.807) is 31.2 Å². The monoisotopic (exact) mass is 290 g/mol. The number of sulfonamides is 1. The van der Waals surface area contributed by atoms with Crippen molar-refractivity contribution in [3.8, 4) is 11.8 Å². The second kappa shape index (κ2) is 5.77. The van der Waals surface area contributed by atoms with E-state index in [0.717, 1.165) is 0 Å². The van der Waals surface area contributed by atoms with Gasteiger partial charge in [-0.1, -0.05) is 17.9 Å². The third kappa shape index (κ3) is 3.38. The SMILES string of the molecule is Cc1ncc(S(=O)(=O)Nc2cccc(C#CCN)c2)[nH]1. The first-order valence-corrected chi connectivity index (χ1v) is 7.33. The van der Waals surface area contributed by atoms with E-state index in [9.17, 15) is 8.42 Å². The molecule has 2 rings (SSSR count). The number of imidazole rings is 1. The Kier molecular flexibility index (Phi) is 4.08. The third-order valence-corrected chi connectivity index (χ3v) is 3.71. The van der Waals surface area contributed by atoms with Crippen molar-refractivity contribution in [2.24, 2.45) is 5.73 Å². The zero-order chi connectivity index (χ0) is 14.6. The molecule has 0 amide bonds. The summed E-state index contributed by atoms with van der Waals surface area (Å²) in [7, 11) is -3.67. The van der Waals surface area contributed by atoms with E-state index in [1.807, 2.05) is 0 Å². The molecule has 0 aliphatic carbocycles. The number of aromatic nitrogens is 2. The minimum Gasteiger partial charge on any atom is -0.332 e. The van der Waals surface area contributed by atoms with Crippen LogP contribution >= 0.6 is 0 Å². The van der Waals surface area contributed by atoms with E-state index in [1.165, 1.54) is 6.20 Å². The molecule has 1 aromatic carbocycles. The van der Waals surface area contributed by atoms with Gasteiger partial charge in [0.05, 0.1) is 18.4 Å². The zero-order valence-electron chi connectivity index (χ0n) is 10.8. The van der Waals surface area contributed by atoms with Gasteiger partial charge >= 0.3 is 0 Å². The maximum absolute atomic E-state index is 12.1. The van der Waals surface area contributed by atoms with Crippen LogP contribution in [0, 0.1) is 18.8 Å². The van der Waals surface area contributed by atoms with Crippen LogP contribution in [-0.4, -0.2) is 24.9 Å². The number of benzene rings is 1. The first kappa shape index (κ1) is 14.1. The first-order valence-electron chi connectivity index (χ1n) is 5.85. The molecule has 0 spiro atoms. The number of anilines is 1. The maximum atomic E-state index is 12.1. The van der Waals surface area contributed by atoms with E-state index in [4.69, 9.17) is 5.73 Å². The molecule has 0 saturated heterocycles. The summed E-state index contributed by atoms with van der Waals surface area (Å²) < 4.78 is 26.7. The van der Waals surface area contributed by atoms with Gasteiger partial charge in [0, 0.05) is 5.56 Å². The molecule has 0 aliphatic rings. The van der Waals surface area contributed by atoms with Crippen LogP contribution in [0.25, 0.3) is 0 Å². The number of rotatable bonds is 3. The average molecular weight is 290 g/mol. The van der Waals surface area contributed by atoms with Crippen LogP contribution < -0.4 is 10.5 Å². The van der Waals surface area contributed by atoms with E-state index in [0.29, 0.717) is 17.1 Å². The Balaban J connectivity index is 2.25. The highest BCUT2D eigenvalue weighted by Gasteiger charge is 2.16. The van der Waals surface area contributed by atoms with Crippen LogP contribution in [0.1, 0.15) is 11.4 Å². The van der Waals surface area contributed by atoms with Crippen molar-refractivity contribution in [2.75, 3.05) is 11.3 Å². The molecule has 4 N–H and O–H groups in total. The minimum atomic E-state index is -3.67. The van der Waals surface area contributed by atoms with Crippen LogP contribution in [0.15, 0.2) is 35.5 Å². The lowest BCUT2D eigenvalue weighted by Gasteiger charge is -2.06. The average Bonchev–Trinajstić information content (AvgIpc) is 2.84. The van der Waals surface area contributed by atoms with Crippen molar-refractivity contribution in [1.29, 1.82) is 0 Å². The van der Waals surface area contributed by atoms with Crippen molar-refractivity contribution in [1.82, 2.24) is 9.97 Å². The van der Waals surface area contributed by atoms with Gasteiger partial charge in [0.25, 0.3) is 10.0 Å². The molecule has 1 aromatic heterocycles. The van der Waals surface area contributed by atoms with Crippen LogP contribution in [0.4, 0.5) is 5.69 Å². The molecule has 7 heteroatoms. The highest BCUT2D eigenvalue weighted by Crippen LogP contribution is 2.15. The fraction of sp³-hybridized carbons (Fsp3) is 0.154. The topological polar surface area (TPSA) is 101 Å². The molecule has 0 unspecified atom stereocenters. The Morgan fingerprint density at radius 3 is 2.90 bits per heavy atom. The number of nitrogens with two attached hydrogens (primary N) is 1. The quantitative estimate of drug-likeness (QED) is 0.729. The van der Waals surface area contributed by atoms with Gasteiger partial charge in [0.2, 0.25) is 0 Å². The van der Waals surface area contributed by atoms with Crippen molar-refractivity contribution in [2.45, 2.75) is 11.9 Å². The second-order valence-electron chi connectivity index (χ2n) is 4.03. The van der Waals surface area contributed by atoms with Crippen LogP contribution in [-0.2, 0) is 10.0 Å². The summed E-state index contributed by atoms with van der Waals surface area (Å²) in [5.74, 6) is 6.09. The van der Waals surface area contributed by atoms with Gasteiger partial charge in [-0.2, -0.15) is 8.42 Å². The first-order chi connectivity index (χ1) is 9.51. The van der Waals surface area contributed by atoms with E-state index in [2.05, 4.69) is 26.5 Å².